The summed E-state index contributed by atoms with van der Waals surface area (Å²) in [5.74, 6) is -0.325. The quantitative estimate of drug-likeness (QED) is 0.373. The lowest BCUT2D eigenvalue weighted by Crippen LogP contribution is -2.53. The first-order chi connectivity index (χ1) is 11.5. The highest BCUT2D eigenvalue weighted by atomic mass is 32.1. The van der Waals surface area contributed by atoms with Crippen molar-refractivity contribution >= 4 is 35.2 Å². The van der Waals surface area contributed by atoms with Gasteiger partial charge in [-0.15, -0.1) is 6.58 Å². The lowest BCUT2D eigenvalue weighted by Gasteiger charge is -2.27. The van der Waals surface area contributed by atoms with Crippen LogP contribution in [-0.4, -0.2) is 28.4 Å². The van der Waals surface area contributed by atoms with Gasteiger partial charge in [-0.2, -0.15) is 0 Å². The molecule has 126 valence electrons. The largest absolute Gasteiger partial charge is 0.298 e. The molecule has 0 spiro atoms. The molecule has 0 atom stereocenters. The van der Waals surface area contributed by atoms with E-state index < -0.39 is 11.8 Å². The van der Waals surface area contributed by atoms with Crippen molar-refractivity contribution in [2.75, 3.05) is 6.54 Å². The highest BCUT2D eigenvalue weighted by Gasteiger charge is 2.32. The number of benzene rings is 1. The van der Waals surface area contributed by atoms with Crippen molar-refractivity contribution in [2.45, 2.75) is 32.6 Å². The van der Waals surface area contributed by atoms with Crippen LogP contribution >= 0.6 is 12.2 Å². The molecular weight excluding hydrogens is 320 g/mol. The van der Waals surface area contributed by atoms with Gasteiger partial charge in [0.25, 0.3) is 11.8 Å². The summed E-state index contributed by atoms with van der Waals surface area (Å²) in [6, 6.07) is 7.99. The Balaban J connectivity index is 2.28. The van der Waals surface area contributed by atoms with E-state index in [-0.39, 0.29) is 17.2 Å². The minimum absolute atomic E-state index is 0.0840. The maximum absolute atomic E-state index is 12.5. The van der Waals surface area contributed by atoms with E-state index in [1.165, 1.54) is 10.5 Å². The molecule has 2 rings (SSSR count). The van der Waals surface area contributed by atoms with Crippen LogP contribution in [0.4, 0.5) is 0 Å². The molecular formula is C19H22N2O2S. The molecule has 4 nitrogen and oxygen atoms in total. The topological polar surface area (TPSA) is 49.4 Å². The Labute approximate surface area is 148 Å². The van der Waals surface area contributed by atoms with Crippen molar-refractivity contribution in [2.24, 2.45) is 0 Å². The second-order valence-corrected chi connectivity index (χ2v) is 6.09. The smallest absolute Gasteiger partial charge is 0.265 e. The normalized spacial score (nSPS) is 16.7. The lowest BCUT2D eigenvalue weighted by molar-refractivity contribution is -0.128. The van der Waals surface area contributed by atoms with Gasteiger partial charge in [0, 0.05) is 6.54 Å². The van der Waals surface area contributed by atoms with Crippen molar-refractivity contribution < 1.29 is 9.59 Å². The molecule has 1 aliphatic heterocycles. The Morgan fingerprint density at radius 2 is 1.83 bits per heavy atom. The molecule has 0 radical (unpaired) electrons. The van der Waals surface area contributed by atoms with Crippen LogP contribution in [0, 0.1) is 0 Å². The van der Waals surface area contributed by atoms with Gasteiger partial charge in [-0.25, -0.2) is 0 Å². The Morgan fingerprint density at radius 3 is 2.38 bits per heavy atom. The van der Waals surface area contributed by atoms with E-state index in [2.05, 4.69) is 37.9 Å². The molecule has 2 amide bonds. The zero-order valence-corrected chi connectivity index (χ0v) is 14.9. The molecule has 0 bridgehead atoms. The molecule has 0 unspecified atom stereocenters. The molecule has 1 N–H and O–H groups in total. The van der Waals surface area contributed by atoms with Crippen LogP contribution < -0.4 is 5.32 Å². The van der Waals surface area contributed by atoms with Gasteiger partial charge in [-0.05, 0) is 48.2 Å². The summed E-state index contributed by atoms with van der Waals surface area (Å²) in [4.78, 5) is 25.9. The van der Waals surface area contributed by atoms with E-state index >= 15 is 0 Å². The molecule has 1 aromatic rings. The molecule has 0 saturated carbocycles. The molecule has 24 heavy (non-hydrogen) atoms. The Bertz CT molecular complexity index is 688. The SMILES string of the molecule is C=CCN1C(=O)C(=Cc2ccc(C(CC)CC)cc2)C(=O)NC1=S. The number of nitrogens with zero attached hydrogens (tertiary/aromatic N) is 1. The second-order valence-electron chi connectivity index (χ2n) is 5.70. The van der Waals surface area contributed by atoms with Gasteiger partial charge in [-0.1, -0.05) is 44.2 Å². The summed E-state index contributed by atoms with van der Waals surface area (Å²) in [7, 11) is 0. The summed E-state index contributed by atoms with van der Waals surface area (Å²) in [6.45, 7) is 8.22. The molecule has 1 aliphatic rings. The molecule has 1 saturated heterocycles. The third kappa shape index (κ3) is 3.79. The summed E-state index contributed by atoms with van der Waals surface area (Å²) >= 11 is 5.03. The lowest BCUT2D eigenvalue weighted by atomic mass is 9.93. The maximum Gasteiger partial charge on any atom is 0.265 e. The van der Waals surface area contributed by atoms with Crippen LogP contribution in [0.1, 0.15) is 43.7 Å². The molecule has 0 aliphatic carbocycles. The molecule has 5 heteroatoms. The van der Waals surface area contributed by atoms with Gasteiger partial charge in [0.15, 0.2) is 5.11 Å². The van der Waals surface area contributed by atoms with Crippen LogP contribution in [0.3, 0.4) is 0 Å². The first-order valence-corrected chi connectivity index (χ1v) is 8.52. The minimum atomic E-state index is -0.464. The fraction of sp³-hybridized carbons (Fsp3) is 0.316. The van der Waals surface area contributed by atoms with Gasteiger partial charge in [0.1, 0.15) is 5.57 Å². The van der Waals surface area contributed by atoms with E-state index in [4.69, 9.17) is 12.2 Å². The average molecular weight is 342 g/mol. The maximum atomic E-state index is 12.5. The van der Waals surface area contributed by atoms with Crippen LogP contribution in [0.15, 0.2) is 42.5 Å². The Kier molecular flexibility index (Phi) is 6.04. The number of hydrogen-bond donors (Lipinski definition) is 1. The minimum Gasteiger partial charge on any atom is -0.298 e. The summed E-state index contributed by atoms with van der Waals surface area (Å²) in [5.41, 5.74) is 2.17. The first kappa shape index (κ1) is 18.1. The zero-order chi connectivity index (χ0) is 17.7. The first-order valence-electron chi connectivity index (χ1n) is 8.11. The van der Waals surface area contributed by atoms with Crippen LogP contribution in [0.2, 0.25) is 0 Å². The van der Waals surface area contributed by atoms with Gasteiger partial charge >= 0.3 is 0 Å². The number of carbonyl (C=O) groups is 2. The van der Waals surface area contributed by atoms with E-state index in [0.29, 0.717) is 5.92 Å². The number of thiocarbonyl (C=S) groups is 1. The van der Waals surface area contributed by atoms with Gasteiger partial charge in [-0.3, -0.25) is 19.8 Å². The van der Waals surface area contributed by atoms with E-state index in [9.17, 15) is 9.59 Å². The second kappa shape index (κ2) is 8.02. The van der Waals surface area contributed by atoms with E-state index in [1.54, 1.807) is 12.2 Å². The van der Waals surface area contributed by atoms with Crippen LogP contribution in [-0.2, 0) is 9.59 Å². The molecule has 0 aromatic heterocycles. The highest BCUT2D eigenvalue weighted by Crippen LogP contribution is 2.24. The van der Waals surface area contributed by atoms with Gasteiger partial charge in [0.05, 0.1) is 0 Å². The van der Waals surface area contributed by atoms with E-state index in [1.807, 2.05) is 12.1 Å². The number of hydrogen-bond acceptors (Lipinski definition) is 3. The number of nitrogens with one attached hydrogen (secondary N) is 1. The van der Waals surface area contributed by atoms with Gasteiger partial charge < -0.3 is 0 Å². The number of carbonyl (C=O) groups excluding carboxylic acids is 2. The molecule has 1 fully saturated rings. The van der Waals surface area contributed by atoms with Gasteiger partial charge in [0.2, 0.25) is 0 Å². The van der Waals surface area contributed by atoms with Crippen molar-refractivity contribution in [3.8, 4) is 0 Å². The summed E-state index contributed by atoms with van der Waals surface area (Å²) < 4.78 is 0. The van der Waals surface area contributed by atoms with Crippen molar-refractivity contribution in [3.05, 3.63) is 53.6 Å². The standard InChI is InChI=1S/C19H22N2O2S/c1-4-11-21-18(23)16(17(22)20-19(21)24)12-13-7-9-15(10-8-13)14(5-2)6-3/h4,7-10,12,14H,1,5-6,11H2,2-3H3,(H,20,22,24). The fourth-order valence-electron chi connectivity index (χ4n) is 2.78. The van der Waals surface area contributed by atoms with E-state index in [0.717, 1.165) is 18.4 Å². The predicted molar refractivity (Wildman–Crippen MR) is 100 cm³/mol. The molecule has 1 heterocycles. The average Bonchev–Trinajstić information content (AvgIpc) is 2.58. The highest BCUT2D eigenvalue weighted by molar-refractivity contribution is 7.80. The Morgan fingerprint density at radius 1 is 1.21 bits per heavy atom. The molecule has 1 aromatic carbocycles. The fourth-order valence-corrected chi connectivity index (χ4v) is 3.03. The zero-order valence-electron chi connectivity index (χ0n) is 14.0. The van der Waals surface area contributed by atoms with Crippen LogP contribution in [0.25, 0.3) is 6.08 Å². The summed E-state index contributed by atoms with van der Waals surface area (Å²) in [6.07, 6.45) is 5.35. The number of amides is 2. The third-order valence-electron chi connectivity index (χ3n) is 4.20. The Hall–Kier alpha value is -2.27. The van der Waals surface area contributed by atoms with Crippen LogP contribution in [0.5, 0.6) is 0 Å². The van der Waals surface area contributed by atoms with Crippen molar-refractivity contribution in [3.63, 3.8) is 0 Å². The number of rotatable bonds is 6. The predicted octanol–water partition coefficient (Wildman–Crippen LogP) is 3.40. The van der Waals surface area contributed by atoms with Crippen molar-refractivity contribution in [1.82, 2.24) is 10.2 Å². The van der Waals surface area contributed by atoms with Crippen molar-refractivity contribution in [1.29, 1.82) is 0 Å². The summed E-state index contributed by atoms with van der Waals surface area (Å²) in [5, 5.41) is 2.66. The third-order valence-corrected chi connectivity index (χ3v) is 4.52. The monoisotopic (exact) mass is 342 g/mol.